The molecule has 4 rings (SSSR count). The van der Waals surface area contributed by atoms with Gasteiger partial charge in [-0.15, -0.1) is 0 Å². The lowest BCUT2D eigenvalue weighted by Gasteiger charge is -2.10. The van der Waals surface area contributed by atoms with Gasteiger partial charge in [-0.25, -0.2) is 9.97 Å². The lowest BCUT2D eigenvalue weighted by atomic mass is 10.3. The number of hydrogen-bond donors (Lipinski definition) is 1. The van der Waals surface area contributed by atoms with E-state index in [0.29, 0.717) is 29.0 Å². The quantitative estimate of drug-likeness (QED) is 0.790. The van der Waals surface area contributed by atoms with Gasteiger partial charge >= 0.3 is 0 Å². The van der Waals surface area contributed by atoms with Crippen LogP contribution in [0.15, 0.2) is 36.5 Å². The Kier molecular flexibility index (Phi) is 3.40. The molecule has 1 aliphatic rings. The third-order valence-electron chi connectivity index (χ3n) is 3.97. The molecule has 5 nitrogen and oxygen atoms in total. The van der Waals surface area contributed by atoms with Gasteiger partial charge in [-0.2, -0.15) is 5.26 Å². The smallest absolute Gasteiger partial charge is 0.145 e. The summed E-state index contributed by atoms with van der Waals surface area (Å²) in [6.07, 6.45) is 3.91. The minimum Gasteiger partial charge on any atom is -0.362 e. The number of anilines is 1. The molecule has 1 fully saturated rings. The largest absolute Gasteiger partial charge is 0.362 e. The lowest BCUT2D eigenvalue weighted by molar-refractivity contribution is 0.710. The number of para-hydroxylation sites is 2. The maximum absolute atomic E-state index is 8.86. The van der Waals surface area contributed by atoms with Crippen LogP contribution in [-0.4, -0.2) is 14.5 Å². The van der Waals surface area contributed by atoms with Gasteiger partial charge in [-0.3, -0.25) is 0 Å². The molecule has 0 aliphatic heterocycles. The molecule has 114 valence electrons. The second-order valence-corrected chi connectivity index (χ2v) is 6.04. The molecule has 0 saturated heterocycles. The van der Waals surface area contributed by atoms with Crippen LogP contribution in [0.5, 0.6) is 0 Å². The van der Waals surface area contributed by atoms with Crippen LogP contribution in [0.1, 0.15) is 30.3 Å². The molecule has 23 heavy (non-hydrogen) atoms. The monoisotopic (exact) mass is 323 g/mol. The molecule has 0 unspecified atom stereocenters. The Bertz CT molecular complexity index is 920. The summed E-state index contributed by atoms with van der Waals surface area (Å²) in [6, 6.07) is 12.4. The van der Waals surface area contributed by atoms with E-state index in [0.717, 1.165) is 11.3 Å². The van der Waals surface area contributed by atoms with E-state index in [1.807, 2.05) is 24.3 Å². The number of pyridine rings is 1. The van der Waals surface area contributed by atoms with Crippen molar-refractivity contribution in [2.24, 2.45) is 0 Å². The number of imidazole rings is 1. The topological polar surface area (TPSA) is 66.5 Å². The fourth-order valence-corrected chi connectivity index (χ4v) is 2.98. The van der Waals surface area contributed by atoms with Crippen molar-refractivity contribution in [3.05, 3.63) is 52.9 Å². The molecule has 2 aromatic heterocycles. The highest BCUT2D eigenvalue weighted by Gasteiger charge is 2.27. The van der Waals surface area contributed by atoms with Gasteiger partial charge in [0.2, 0.25) is 0 Å². The summed E-state index contributed by atoms with van der Waals surface area (Å²) < 4.78 is 2.31. The number of nitrogens with one attached hydrogen (secondary N) is 1. The van der Waals surface area contributed by atoms with Gasteiger partial charge in [0.25, 0.3) is 0 Å². The van der Waals surface area contributed by atoms with E-state index in [4.69, 9.17) is 21.8 Å². The number of nitriles is 1. The van der Waals surface area contributed by atoms with Crippen molar-refractivity contribution in [1.29, 1.82) is 5.26 Å². The van der Waals surface area contributed by atoms with Crippen molar-refractivity contribution in [2.75, 3.05) is 5.32 Å². The van der Waals surface area contributed by atoms with Crippen LogP contribution in [-0.2, 0) is 6.54 Å². The number of fused-ring (bicyclic) bond motifs is 1. The van der Waals surface area contributed by atoms with Crippen molar-refractivity contribution >= 4 is 28.5 Å². The molecule has 0 amide bonds. The number of halogens is 1. The average molecular weight is 324 g/mol. The highest BCUT2D eigenvalue weighted by Crippen LogP contribution is 2.38. The highest BCUT2D eigenvalue weighted by atomic mass is 35.5. The van der Waals surface area contributed by atoms with Gasteiger partial charge in [-0.05, 0) is 31.0 Å². The fourth-order valence-electron chi connectivity index (χ4n) is 2.75. The lowest BCUT2D eigenvalue weighted by Crippen LogP contribution is -2.09. The van der Waals surface area contributed by atoms with E-state index in [-0.39, 0.29) is 0 Å². The summed E-state index contributed by atoms with van der Waals surface area (Å²) >= 11 is 6.16. The van der Waals surface area contributed by atoms with Crippen LogP contribution in [0, 0.1) is 11.3 Å². The Labute approximate surface area is 138 Å². The van der Waals surface area contributed by atoms with Crippen molar-refractivity contribution in [3.63, 3.8) is 0 Å². The molecule has 1 aliphatic carbocycles. The van der Waals surface area contributed by atoms with E-state index in [2.05, 4.69) is 20.9 Å². The second kappa shape index (κ2) is 5.56. The number of benzene rings is 1. The third kappa shape index (κ3) is 2.62. The first-order valence-electron chi connectivity index (χ1n) is 7.51. The van der Waals surface area contributed by atoms with Crippen molar-refractivity contribution in [1.82, 2.24) is 14.5 Å². The highest BCUT2D eigenvalue weighted by molar-refractivity contribution is 6.33. The molecular weight excluding hydrogens is 310 g/mol. The van der Waals surface area contributed by atoms with Gasteiger partial charge in [0, 0.05) is 12.2 Å². The Hall–Kier alpha value is -2.58. The maximum Gasteiger partial charge on any atom is 0.145 e. The summed E-state index contributed by atoms with van der Waals surface area (Å²) in [5.74, 6) is 1.55. The summed E-state index contributed by atoms with van der Waals surface area (Å²) in [5.41, 5.74) is 2.63. The van der Waals surface area contributed by atoms with Gasteiger partial charge in [0.15, 0.2) is 0 Å². The van der Waals surface area contributed by atoms with Crippen molar-refractivity contribution < 1.29 is 0 Å². The van der Waals surface area contributed by atoms with Crippen molar-refractivity contribution in [3.8, 4) is 6.07 Å². The Morgan fingerprint density at radius 1 is 1.35 bits per heavy atom. The standard InChI is InChI=1S/C17H14ClN5/c18-13-7-11(8-19)9-20-17(13)21-10-16-22-14-3-1-2-4-15(14)23(16)12-5-6-12/h1-4,7,9,12H,5-6,10H2,(H,20,21). The van der Waals surface area contributed by atoms with Crippen LogP contribution in [0.3, 0.4) is 0 Å². The number of nitrogens with zero attached hydrogens (tertiary/aromatic N) is 4. The van der Waals surface area contributed by atoms with Crippen LogP contribution in [0.4, 0.5) is 5.82 Å². The number of hydrogen-bond acceptors (Lipinski definition) is 4. The minimum atomic E-state index is 0.443. The molecule has 1 aromatic carbocycles. The van der Waals surface area contributed by atoms with Gasteiger partial charge in [0.1, 0.15) is 17.7 Å². The van der Waals surface area contributed by atoms with Crippen molar-refractivity contribution in [2.45, 2.75) is 25.4 Å². The zero-order valence-corrected chi connectivity index (χ0v) is 13.1. The first-order chi connectivity index (χ1) is 11.3. The molecule has 0 bridgehead atoms. The second-order valence-electron chi connectivity index (χ2n) is 5.64. The van der Waals surface area contributed by atoms with Gasteiger partial charge < -0.3 is 9.88 Å². The summed E-state index contributed by atoms with van der Waals surface area (Å²) in [5, 5.41) is 12.5. The van der Waals surface area contributed by atoms with Crippen LogP contribution in [0.2, 0.25) is 5.02 Å². The van der Waals surface area contributed by atoms with Gasteiger partial charge in [0.05, 0.1) is 28.2 Å². The molecule has 2 heterocycles. The molecule has 6 heteroatoms. The summed E-state index contributed by atoms with van der Waals surface area (Å²) in [4.78, 5) is 8.94. The first-order valence-corrected chi connectivity index (χ1v) is 7.89. The fraction of sp³-hybridized carbons (Fsp3) is 0.235. The number of rotatable bonds is 4. The third-order valence-corrected chi connectivity index (χ3v) is 4.25. The molecule has 0 spiro atoms. The average Bonchev–Trinajstić information content (AvgIpc) is 3.34. The van der Waals surface area contributed by atoms with Crippen LogP contribution >= 0.6 is 11.6 Å². The Morgan fingerprint density at radius 2 is 2.17 bits per heavy atom. The van der Waals surface area contributed by atoms with E-state index in [9.17, 15) is 0 Å². The van der Waals surface area contributed by atoms with Gasteiger partial charge in [-0.1, -0.05) is 23.7 Å². The molecule has 0 atom stereocenters. The van der Waals surface area contributed by atoms with E-state index >= 15 is 0 Å². The predicted octanol–water partition coefficient (Wildman–Crippen LogP) is 3.90. The van der Waals surface area contributed by atoms with E-state index < -0.39 is 0 Å². The first kappa shape index (κ1) is 14.0. The summed E-state index contributed by atoms with van der Waals surface area (Å²) in [7, 11) is 0. The zero-order valence-electron chi connectivity index (χ0n) is 12.3. The van der Waals surface area contributed by atoms with E-state index in [1.54, 1.807) is 6.07 Å². The molecule has 3 aromatic rings. The van der Waals surface area contributed by atoms with Crippen LogP contribution < -0.4 is 5.32 Å². The normalized spacial score (nSPS) is 13.9. The maximum atomic E-state index is 8.86. The molecule has 0 radical (unpaired) electrons. The zero-order chi connectivity index (χ0) is 15.8. The predicted molar refractivity (Wildman–Crippen MR) is 89.3 cm³/mol. The Morgan fingerprint density at radius 3 is 2.91 bits per heavy atom. The number of aromatic nitrogens is 3. The molecule has 1 saturated carbocycles. The summed E-state index contributed by atoms with van der Waals surface area (Å²) in [6.45, 7) is 0.545. The Balaban J connectivity index is 1.63. The minimum absolute atomic E-state index is 0.443. The van der Waals surface area contributed by atoms with Crippen LogP contribution in [0.25, 0.3) is 11.0 Å². The molecular formula is C17H14ClN5. The van der Waals surface area contributed by atoms with E-state index in [1.165, 1.54) is 24.6 Å². The molecule has 1 N–H and O–H groups in total. The SMILES string of the molecule is N#Cc1cnc(NCc2nc3ccccc3n2C2CC2)c(Cl)c1.